The summed E-state index contributed by atoms with van der Waals surface area (Å²) in [6.45, 7) is 0.436. The molecule has 0 unspecified atom stereocenters. The number of benzene rings is 1. The molecule has 1 aliphatic carbocycles. The molecule has 1 fully saturated rings. The highest BCUT2D eigenvalue weighted by atomic mass is 79.9. The SMILES string of the molecule is O=C(NCCc1cc(Br)ccc1F)NC1CCCCC1. The Morgan fingerprint density at radius 2 is 2.05 bits per heavy atom. The minimum atomic E-state index is -0.234. The quantitative estimate of drug-likeness (QED) is 0.859. The zero-order valence-electron chi connectivity index (χ0n) is 11.4. The Labute approximate surface area is 127 Å². The van der Waals surface area contributed by atoms with Crippen LogP contribution in [0.5, 0.6) is 0 Å². The maximum Gasteiger partial charge on any atom is 0.315 e. The van der Waals surface area contributed by atoms with Crippen LogP contribution < -0.4 is 10.6 Å². The van der Waals surface area contributed by atoms with Gasteiger partial charge in [0.05, 0.1) is 0 Å². The predicted molar refractivity (Wildman–Crippen MR) is 81.2 cm³/mol. The highest BCUT2D eigenvalue weighted by Gasteiger charge is 2.15. The highest BCUT2D eigenvalue weighted by molar-refractivity contribution is 9.10. The maximum atomic E-state index is 13.5. The van der Waals surface area contributed by atoms with E-state index >= 15 is 0 Å². The summed E-state index contributed by atoms with van der Waals surface area (Å²) in [6, 6.07) is 5.00. The van der Waals surface area contributed by atoms with Crippen molar-refractivity contribution in [1.29, 1.82) is 0 Å². The molecule has 2 rings (SSSR count). The van der Waals surface area contributed by atoms with Crippen LogP contribution in [-0.2, 0) is 6.42 Å². The lowest BCUT2D eigenvalue weighted by Crippen LogP contribution is -2.43. The van der Waals surface area contributed by atoms with Crippen molar-refractivity contribution in [1.82, 2.24) is 10.6 Å². The number of carbonyl (C=O) groups is 1. The van der Waals surface area contributed by atoms with Crippen LogP contribution >= 0.6 is 15.9 Å². The first-order chi connectivity index (χ1) is 9.65. The van der Waals surface area contributed by atoms with Crippen LogP contribution in [0.2, 0.25) is 0 Å². The predicted octanol–water partition coefficient (Wildman–Crippen LogP) is 3.76. The normalized spacial score (nSPS) is 15.9. The van der Waals surface area contributed by atoms with Gasteiger partial charge in [0.2, 0.25) is 0 Å². The van der Waals surface area contributed by atoms with E-state index in [1.807, 2.05) is 0 Å². The molecule has 0 saturated heterocycles. The molecule has 0 aromatic heterocycles. The van der Waals surface area contributed by atoms with Crippen LogP contribution in [0, 0.1) is 5.82 Å². The first kappa shape index (κ1) is 15.3. The van der Waals surface area contributed by atoms with Crippen LogP contribution in [-0.4, -0.2) is 18.6 Å². The first-order valence-corrected chi connectivity index (χ1v) is 7.93. The van der Waals surface area contributed by atoms with Crippen molar-refractivity contribution in [3.63, 3.8) is 0 Å². The van der Waals surface area contributed by atoms with E-state index in [1.54, 1.807) is 12.1 Å². The van der Waals surface area contributed by atoms with Gasteiger partial charge in [-0.25, -0.2) is 9.18 Å². The number of carbonyl (C=O) groups excluding carboxylic acids is 1. The number of halogens is 2. The number of urea groups is 1. The molecule has 2 N–H and O–H groups in total. The van der Waals surface area contributed by atoms with Crippen molar-refractivity contribution < 1.29 is 9.18 Å². The largest absolute Gasteiger partial charge is 0.338 e. The van der Waals surface area contributed by atoms with E-state index in [9.17, 15) is 9.18 Å². The third-order valence-corrected chi connectivity index (χ3v) is 4.12. The Kier molecular flexibility index (Phi) is 5.83. The van der Waals surface area contributed by atoms with E-state index in [1.165, 1.54) is 25.3 Å². The van der Waals surface area contributed by atoms with E-state index < -0.39 is 0 Å². The van der Waals surface area contributed by atoms with Crippen molar-refractivity contribution in [2.75, 3.05) is 6.54 Å². The molecule has 3 nitrogen and oxygen atoms in total. The second-order valence-electron chi connectivity index (χ2n) is 5.22. The van der Waals surface area contributed by atoms with Gasteiger partial charge in [0, 0.05) is 17.1 Å². The summed E-state index contributed by atoms with van der Waals surface area (Å²) in [5.74, 6) is -0.234. The van der Waals surface area contributed by atoms with Crippen LogP contribution in [0.3, 0.4) is 0 Å². The second kappa shape index (κ2) is 7.62. The molecule has 2 amide bonds. The van der Waals surface area contributed by atoms with Crippen LogP contribution in [0.4, 0.5) is 9.18 Å². The van der Waals surface area contributed by atoms with Gasteiger partial charge in [0.1, 0.15) is 5.82 Å². The van der Waals surface area contributed by atoms with Crippen LogP contribution in [0.15, 0.2) is 22.7 Å². The summed E-state index contributed by atoms with van der Waals surface area (Å²) in [6.07, 6.45) is 6.26. The fourth-order valence-electron chi connectivity index (χ4n) is 2.53. The molecule has 1 aromatic rings. The molecule has 1 saturated carbocycles. The molecule has 1 aromatic carbocycles. The van der Waals surface area contributed by atoms with E-state index in [0.717, 1.165) is 17.3 Å². The van der Waals surface area contributed by atoms with Gasteiger partial charge in [-0.3, -0.25) is 0 Å². The number of amides is 2. The van der Waals surface area contributed by atoms with Gasteiger partial charge in [-0.05, 0) is 43.0 Å². The Bertz CT molecular complexity index is 461. The standard InChI is InChI=1S/C15H20BrFN2O/c16-12-6-7-14(17)11(10-12)8-9-18-15(20)19-13-4-2-1-3-5-13/h6-7,10,13H,1-5,8-9H2,(H2,18,19,20). The Balaban J connectivity index is 1.72. The Morgan fingerprint density at radius 3 is 2.80 bits per heavy atom. The average Bonchev–Trinajstić information content (AvgIpc) is 2.44. The molecule has 1 aliphatic rings. The summed E-state index contributed by atoms with van der Waals surface area (Å²) in [4.78, 5) is 11.7. The molecule has 110 valence electrons. The lowest BCUT2D eigenvalue weighted by atomic mass is 9.96. The van der Waals surface area contributed by atoms with Gasteiger partial charge < -0.3 is 10.6 Å². The Morgan fingerprint density at radius 1 is 1.30 bits per heavy atom. The fraction of sp³-hybridized carbons (Fsp3) is 0.533. The molecule has 0 radical (unpaired) electrons. The zero-order valence-corrected chi connectivity index (χ0v) is 13.0. The van der Waals surface area contributed by atoms with Gasteiger partial charge in [-0.2, -0.15) is 0 Å². The molecule has 0 aliphatic heterocycles. The van der Waals surface area contributed by atoms with E-state index in [2.05, 4.69) is 26.6 Å². The number of rotatable bonds is 4. The Hall–Kier alpha value is -1.10. The summed E-state index contributed by atoms with van der Waals surface area (Å²) in [5.41, 5.74) is 0.609. The number of hydrogen-bond donors (Lipinski definition) is 2. The van der Waals surface area contributed by atoms with Crippen molar-refractivity contribution >= 4 is 22.0 Å². The number of hydrogen-bond acceptors (Lipinski definition) is 1. The van der Waals surface area contributed by atoms with Crippen molar-refractivity contribution in [2.45, 2.75) is 44.6 Å². The summed E-state index contributed by atoms with van der Waals surface area (Å²) in [5, 5.41) is 5.77. The van der Waals surface area contributed by atoms with Crippen molar-refractivity contribution in [2.24, 2.45) is 0 Å². The van der Waals surface area contributed by atoms with E-state index in [0.29, 0.717) is 24.6 Å². The molecule has 0 atom stereocenters. The smallest absolute Gasteiger partial charge is 0.315 e. The molecule has 20 heavy (non-hydrogen) atoms. The van der Waals surface area contributed by atoms with Gasteiger partial charge in [-0.1, -0.05) is 35.2 Å². The van der Waals surface area contributed by atoms with E-state index in [-0.39, 0.29) is 11.8 Å². The monoisotopic (exact) mass is 342 g/mol. The maximum absolute atomic E-state index is 13.5. The van der Waals surface area contributed by atoms with Crippen LogP contribution in [0.25, 0.3) is 0 Å². The third-order valence-electron chi connectivity index (χ3n) is 3.63. The molecule has 0 bridgehead atoms. The average molecular weight is 343 g/mol. The first-order valence-electron chi connectivity index (χ1n) is 7.13. The molecule has 5 heteroatoms. The summed E-state index contributed by atoms with van der Waals surface area (Å²) in [7, 11) is 0. The van der Waals surface area contributed by atoms with Crippen molar-refractivity contribution in [3.05, 3.63) is 34.1 Å². The molecular formula is C15H20BrFN2O. The zero-order chi connectivity index (χ0) is 14.4. The topological polar surface area (TPSA) is 41.1 Å². The van der Waals surface area contributed by atoms with Gasteiger partial charge in [0.25, 0.3) is 0 Å². The minimum absolute atomic E-state index is 0.146. The molecule has 0 spiro atoms. The summed E-state index contributed by atoms with van der Waals surface area (Å²) >= 11 is 3.32. The lowest BCUT2D eigenvalue weighted by molar-refractivity contribution is 0.233. The highest BCUT2D eigenvalue weighted by Crippen LogP contribution is 2.17. The van der Waals surface area contributed by atoms with Gasteiger partial charge in [0.15, 0.2) is 0 Å². The van der Waals surface area contributed by atoms with Crippen LogP contribution in [0.1, 0.15) is 37.7 Å². The summed E-state index contributed by atoms with van der Waals surface area (Å²) < 4.78 is 14.4. The molecule has 0 heterocycles. The minimum Gasteiger partial charge on any atom is -0.338 e. The second-order valence-corrected chi connectivity index (χ2v) is 6.14. The van der Waals surface area contributed by atoms with Gasteiger partial charge in [-0.15, -0.1) is 0 Å². The fourth-order valence-corrected chi connectivity index (χ4v) is 2.94. The third kappa shape index (κ3) is 4.78. The van der Waals surface area contributed by atoms with Gasteiger partial charge >= 0.3 is 6.03 Å². The van der Waals surface area contributed by atoms with Crippen molar-refractivity contribution in [3.8, 4) is 0 Å². The van der Waals surface area contributed by atoms with E-state index in [4.69, 9.17) is 0 Å². The lowest BCUT2D eigenvalue weighted by Gasteiger charge is -2.22. The number of nitrogens with one attached hydrogen (secondary N) is 2. The molecular weight excluding hydrogens is 323 g/mol.